The van der Waals surface area contributed by atoms with Gasteiger partial charge in [0.25, 0.3) is 0 Å². The van der Waals surface area contributed by atoms with Crippen LogP contribution in [0.25, 0.3) is 0 Å². The molecular weight excluding hydrogens is 286 g/mol. The van der Waals surface area contributed by atoms with Gasteiger partial charge in [-0.3, -0.25) is 4.21 Å². The van der Waals surface area contributed by atoms with Gasteiger partial charge in [0.15, 0.2) is 11.5 Å². The van der Waals surface area contributed by atoms with E-state index in [1.807, 2.05) is 18.2 Å². The summed E-state index contributed by atoms with van der Waals surface area (Å²) in [6.07, 6.45) is 4.17. The Kier molecular flexibility index (Phi) is 6.51. The normalized spacial score (nSPS) is 17.0. The molecule has 2 N–H and O–H groups in total. The summed E-state index contributed by atoms with van der Waals surface area (Å²) in [7, 11) is -0.854. The maximum atomic E-state index is 12.0. The van der Waals surface area contributed by atoms with Gasteiger partial charge in [-0.2, -0.15) is 0 Å². The average Bonchev–Trinajstić information content (AvgIpc) is 2.71. The second-order valence-corrected chi connectivity index (χ2v) is 7.00. The third-order valence-electron chi connectivity index (χ3n) is 3.54. The minimum atomic E-state index is -0.854. The van der Waals surface area contributed by atoms with E-state index in [-0.39, 0.29) is 6.04 Å². The fraction of sp³-hybridized carbons (Fsp3) is 0.625. The highest BCUT2D eigenvalue weighted by Crippen LogP contribution is 2.32. The second-order valence-electron chi connectivity index (χ2n) is 5.38. The monoisotopic (exact) mass is 311 g/mol. The van der Waals surface area contributed by atoms with Crippen LogP contribution in [0, 0.1) is 0 Å². The fourth-order valence-corrected chi connectivity index (χ4v) is 3.59. The van der Waals surface area contributed by atoms with Crippen molar-refractivity contribution in [1.82, 2.24) is 0 Å². The van der Waals surface area contributed by atoms with E-state index in [1.54, 1.807) is 0 Å². The summed E-state index contributed by atoms with van der Waals surface area (Å²) in [5, 5.41) is 0. The van der Waals surface area contributed by atoms with Crippen molar-refractivity contribution in [2.45, 2.75) is 38.6 Å². The van der Waals surface area contributed by atoms with Crippen molar-refractivity contribution in [3.8, 4) is 11.5 Å². The van der Waals surface area contributed by atoms with Crippen LogP contribution in [0.3, 0.4) is 0 Å². The molecule has 1 aromatic rings. The first kappa shape index (κ1) is 16.3. The number of fused-ring (bicyclic) bond motifs is 1. The minimum absolute atomic E-state index is 0.218. The third-order valence-corrected chi connectivity index (χ3v) is 5.02. The summed E-state index contributed by atoms with van der Waals surface area (Å²) in [6.45, 7) is 3.49. The molecule has 5 heteroatoms. The molecule has 0 aromatic heterocycles. The number of hydrogen-bond donors (Lipinski definition) is 1. The van der Waals surface area contributed by atoms with Gasteiger partial charge in [0.1, 0.15) is 0 Å². The summed E-state index contributed by atoms with van der Waals surface area (Å²) in [4.78, 5) is 0. The van der Waals surface area contributed by atoms with Crippen molar-refractivity contribution in [2.24, 2.45) is 5.73 Å². The molecule has 1 aliphatic heterocycles. The van der Waals surface area contributed by atoms with Gasteiger partial charge in [0.05, 0.1) is 13.2 Å². The lowest BCUT2D eigenvalue weighted by Crippen LogP contribution is -2.19. The SMILES string of the molecule is CCCCCS(=O)CC(N)c1ccc2c(c1)OCCCO2. The Bertz CT molecular complexity index is 479. The van der Waals surface area contributed by atoms with E-state index in [4.69, 9.17) is 15.2 Å². The predicted octanol–water partition coefficient (Wildman–Crippen LogP) is 2.79. The Labute approximate surface area is 129 Å². The second kappa shape index (κ2) is 8.39. The Morgan fingerprint density at radius 2 is 2.00 bits per heavy atom. The Balaban J connectivity index is 1.94. The zero-order valence-corrected chi connectivity index (χ0v) is 13.5. The van der Waals surface area contributed by atoms with Crippen LogP contribution in [-0.4, -0.2) is 28.9 Å². The highest BCUT2D eigenvalue weighted by molar-refractivity contribution is 7.85. The third kappa shape index (κ3) is 5.00. The first-order valence-corrected chi connectivity index (χ1v) is 9.19. The summed E-state index contributed by atoms with van der Waals surface area (Å²) in [6, 6.07) is 5.55. The largest absolute Gasteiger partial charge is 0.490 e. The molecule has 0 bridgehead atoms. The van der Waals surface area contributed by atoms with Crippen LogP contribution in [0.5, 0.6) is 11.5 Å². The molecule has 118 valence electrons. The Hall–Kier alpha value is -1.07. The standard InChI is InChI=1S/C16H25NO3S/c1-2-3-4-10-21(18)12-14(17)13-6-7-15-16(11-13)20-9-5-8-19-15/h6-7,11,14H,2-5,8-10,12,17H2,1H3. The van der Waals surface area contributed by atoms with Crippen molar-refractivity contribution in [2.75, 3.05) is 24.7 Å². The molecule has 0 radical (unpaired) electrons. The molecule has 2 unspecified atom stereocenters. The number of benzene rings is 1. The van der Waals surface area contributed by atoms with Gasteiger partial charge in [-0.25, -0.2) is 0 Å². The zero-order valence-electron chi connectivity index (χ0n) is 12.7. The van der Waals surface area contributed by atoms with Crippen LogP contribution >= 0.6 is 0 Å². The molecule has 0 amide bonds. The van der Waals surface area contributed by atoms with E-state index in [2.05, 4.69) is 6.92 Å². The molecule has 1 heterocycles. The molecule has 1 aromatic carbocycles. The lowest BCUT2D eigenvalue weighted by Gasteiger charge is -2.14. The molecule has 2 atom stereocenters. The highest BCUT2D eigenvalue weighted by Gasteiger charge is 2.15. The molecule has 1 aliphatic rings. The van der Waals surface area contributed by atoms with Crippen LogP contribution in [0.15, 0.2) is 18.2 Å². The van der Waals surface area contributed by atoms with Gasteiger partial charge >= 0.3 is 0 Å². The summed E-state index contributed by atoms with van der Waals surface area (Å²) in [5.74, 6) is 2.76. The summed E-state index contributed by atoms with van der Waals surface area (Å²) >= 11 is 0. The van der Waals surface area contributed by atoms with Crippen LogP contribution in [-0.2, 0) is 10.8 Å². The van der Waals surface area contributed by atoms with Crippen molar-refractivity contribution < 1.29 is 13.7 Å². The quantitative estimate of drug-likeness (QED) is 0.787. The number of nitrogens with two attached hydrogens (primary N) is 1. The van der Waals surface area contributed by atoms with Gasteiger partial charge in [-0.05, 0) is 24.1 Å². The molecule has 0 saturated carbocycles. The Morgan fingerprint density at radius 3 is 2.76 bits per heavy atom. The van der Waals surface area contributed by atoms with Gasteiger partial charge in [-0.1, -0.05) is 25.8 Å². The van der Waals surface area contributed by atoms with E-state index in [9.17, 15) is 4.21 Å². The van der Waals surface area contributed by atoms with Crippen LogP contribution in [0.4, 0.5) is 0 Å². The fourth-order valence-electron chi connectivity index (χ4n) is 2.30. The highest BCUT2D eigenvalue weighted by atomic mass is 32.2. The first-order chi connectivity index (χ1) is 10.2. The Morgan fingerprint density at radius 1 is 1.24 bits per heavy atom. The number of hydrogen-bond acceptors (Lipinski definition) is 4. The van der Waals surface area contributed by atoms with E-state index >= 15 is 0 Å². The van der Waals surface area contributed by atoms with Crippen LogP contribution < -0.4 is 15.2 Å². The molecule has 21 heavy (non-hydrogen) atoms. The maximum absolute atomic E-state index is 12.0. The zero-order chi connectivity index (χ0) is 15.1. The molecule has 0 aliphatic carbocycles. The smallest absolute Gasteiger partial charge is 0.161 e. The van der Waals surface area contributed by atoms with E-state index in [1.165, 1.54) is 0 Å². The molecule has 0 spiro atoms. The van der Waals surface area contributed by atoms with Gasteiger partial charge < -0.3 is 15.2 Å². The van der Waals surface area contributed by atoms with Crippen molar-refractivity contribution in [3.63, 3.8) is 0 Å². The molecule has 4 nitrogen and oxygen atoms in total. The topological polar surface area (TPSA) is 61.6 Å². The maximum Gasteiger partial charge on any atom is 0.161 e. The number of rotatable bonds is 7. The van der Waals surface area contributed by atoms with Gasteiger partial charge in [0, 0.05) is 34.8 Å². The van der Waals surface area contributed by atoms with E-state index < -0.39 is 10.8 Å². The number of unbranched alkanes of at least 4 members (excludes halogenated alkanes) is 2. The van der Waals surface area contributed by atoms with Crippen LogP contribution in [0.2, 0.25) is 0 Å². The van der Waals surface area contributed by atoms with Gasteiger partial charge in [-0.15, -0.1) is 0 Å². The van der Waals surface area contributed by atoms with Crippen LogP contribution in [0.1, 0.15) is 44.2 Å². The van der Waals surface area contributed by atoms with E-state index in [0.717, 1.165) is 48.5 Å². The number of ether oxygens (including phenoxy) is 2. The van der Waals surface area contributed by atoms with E-state index in [0.29, 0.717) is 19.0 Å². The van der Waals surface area contributed by atoms with Gasteiger partial charge in [0.2, 0.25) is 0 Å². The minimum Gasteiger partial charge on any atom is -0.490 e. The average molecular weight is 311 g/mol. The summed E-state index contributed by atoms with van der Waals surface area (Å²) < 4.78 is 23.3. The molecular formula is C16H25NO3S. The lowest BCUT2D eigenvalue weighted by molar-refractivity contribution is 0.297. The molecule has 2 rings (SSSR count). The van der Waals surface area contributed by atoms with Crippen molar-refractivity contribution in [1.29, 1.82) is 0 Å². The lowest BCUT2D eigenvalue weighted by atomic mass is 10.1. The van der Waals surface area contributed by atoms with Crippen molar-refractivity contribution >= 4 is 10.8 Å². The molecule has 0 fully saturated rings. The predicted molar refractivity (Wildman–Crippen MR) is 86.4 cm³/mol. The first-order valence-electron chi connectivity index (χ1n) is 7.71. The van der Waals surface area contributed by atoms with Crippen molar-refractivity contribution in [3.05, 3.63) is 23.8 Å². The molecule has 0 saturated heterocycles. The summed E-state index contributed by atoms with van der Waals surface area (Å²) in [5.41, 5.74) is 7.14.